The molecule has 2 rings (SSSR count). The van der Waals surface area contributed by atoms with Crippen molar-refractivity contribution in [3.63, 3.8) is 0 Å². The monoisotopic (exact) mass is 410 g/mol. The zero-order valence-corrected chi connectivity index (χ0v) is 16.3. The molecule has 156 valence electrons. The normalized spacial score (nSPS) is 13.3. The van der Waals surface area contributed by atoms with Crippen LogP contribution in [0.25, 0.3) is 0 Å². The summed E-state index contributed by atoms with van der Waals surface area (Å²) in [6, 6.07) is 11.6. The SMILES string of the molecule is CNC(=O)c1ccc(C[NH+](C)[C@H](C)C(=O)Nc2ccc(OC(F)(F)F)cc2)cc1. The minimum absolute atomic E-state index is 0.170. The molecule has 2 aromatic carbocycles. The number of rotatable bonds is 7. The van der Waals surface area contributed by atoms with Crippen molar-refractivity contribution in [3.8, 4) is 5.75 Å². The van der Waals surface area contributed by atoms with E-state index in [2.05, 4.69) is 15.4 Å². The van der Waals surface area contributed by atoms with E-state index in [1.807, 2.05) is 19.2 Å². The highest BCUT2D eigenvalue weighted by Crippen LogP contribution is 2.23. The first-order chi connectivity index (χ1) is 13.6. The molecule has 0 saturated carbocycles. The molecule has 6 nitrogen and oxygen atoms in total. The lowest BCUT2D eigenvalue weighted by molar-refractivity contribution is -0.907. The molecule has 0 spiro atoms. The number of hydrogen-bond donors (Lipinski definition) is 3. The summed E-state index contributed by atoms with van der Waals surface area (Å²) in [7, 11) is 3.42. The Hall–Kier alpha value is -3.07. The zero-order chi connectivity index (χ0) is 21.6. The van der Waals surface area contributed by atoms with Gasteiger partial charge in [0.2, 0.25) is 0 Å². The molecule has 0 aliphatic heterocycles. The summed E-state index contributed by atoms with van der Waals surface area (Å²) in [4.78, 5) is 24.9. The Morgan fingerprint density at radius 1 is 1.07 bits per heavy atom. The van der Waals surface area contributed by atoms with Crippen LogP contribution >= 0.6 is 0 Å². The number of hydrogen-bond acceptors (Lipinski definition) is 3. The summed E-state index contributed by atoms with van der Waals surface area (Å²) in [5.74, 6) is -0.794. The average Bonchev–Trinajstić information content (AvgIpc) is 2.67. The Morgan fingerprint density at radius 2 is 1.66 bits per heavy atom. The summed E-state index contributed by atoms with van der Waals surface area (Å²) < 4.78 is 40.4. The van der Waals surface area contributed by atoms with E-state index in [-0.39, 0.29) is 17.6 Å². The Kier molecular flexibility index (Phi) is 7.22. The van der Waals surface area contributed by atoms with E-state index in [9.17, 15) is 22.8 Å². The maximum Gasteiger partial charge on any atom is 0.573 e. The predicted octanol–water partition coefficient (Wildman–Crippen LogP) is 1.99. The summed E-state index contributed by atoms with van der Waals surface area (Å²) >= 11 is 0. The van der Waals surface area contributed by atoms with Gasteiger partial charge in [-0.25, -0.2) is 0 Å². The van der Waals surface area contributed by atoms with E-state index >= 15 is 0 Å². The van der Waals surface area contributed by atoms with Crippen molar-refractivity contribution in [2.24, 2.45) is 0 Å². The van der Waals surface area contributed by atoms with Crippen molar-refractivity contribution >= 4 is 17.5 Å². The van der Waals surface area contributed by atoms with Crippen LogP contribution in [0, 0.1) is 0 Å². The second-order valence-electron chi connectivity index (χ2n) is 6.58. The summed E-state index contributed by atoms with van der Waals surface area (Å²) in [5.41, 5.74) is 1.89. The third kappa shape index (κ3) is 6.79. The third-order valence-corrected chi connectivity index (χ3v) is 4.41. The lowest BCUT2D eigenvalue weighted by Gasteiger charge is -2.21. The van der Waals surface area contributed by atoms with Crippen molar-refractivity contribution in [3.05, 3.63) is 59.7 Å². The van der Waals surface area contributed by atoms with E-state index < -0.39 is 12.4 Å². The van der Waals surface area contributed by atoms with Crippen molar-refractivity contribution in [2.45, 2.75) is 25.9 Å². The van der Waals surface area contributed by atoms with E-state index in [0.29, 0.717) is 17.8 Å². The fourth-order valence-corrected chi connectivity index (χ4v) is 2.61. The van der Waals surface area contributed by atoms with E-state index in [1.54, 1.807) is 26.1 Å². The van der Waals surface area contributed by atoms with E-state index in [1.165, 1.54) is 12.1 Å². The highest BCUT2D eigenvalue weighted by Gasteiger charge is 2.31. The number of nitrogens with one attached hydrogen (secondary N) is 3. The van der Waals surface area contributed by atoms with Gasteiger partial charge in [0, 0.05) is 23.9 Å². The van der Waals surface area contributed by atoms with Crippen LogP contribution in [0.1, 0.15) is 22.8 Å². The fraction of sp³-hybridized carbons (Fsp3) is 0.300. The van der Waals surface area contributed by atoms with Gasteiger partial charge in [-0.2, -0.15) is 0 Å². The van der Waals surface area contributed by atoms with Crippen molar-refractivity contribution in [2.75, 3.05) is 19.4 Å². The molecule has 0 aliphatic carbocycles. The second-order valence-corrected chi connectivity index (χ2v) is 6.58. The van der Waals surface area contributed by atoms with Gasteiger partial charge in [-0.1, -0.05) is 12.1 Å². The number of amides is 2. The molecule has 9 heteroatoms. The summed E-state index contributed by atoms with van der Waals surface area (Å²) in [6.07, 6.45) is -4.76. The van der Waals surface area contributed by atoms with Crippen LogP contribution in [0.3, 0.4) is 0 Å². The van der Waals surface area contributed by atoms with Gasteiger partial charge >= 0.3 is 6.36 Å². The third-order valence-electron chi connectivity index (χ3n) is 4.41. The van der Waals surface area contributed by atoms with Crippen molar-refractivity contribution in [1.82, 2.24) is 5.32 Å². The summed E-state index contributed by atoms with van der Waals surface area (Å²) in [5, 5.41) is 5.23. The van der Waals surface area contributed by atoms with Gasteiger partial charge in [0.25, 0.3) is 11.8 Å². The topological polar surface area (TPSA) is 71.9 Å². The molecular weight excluding hydrogens is 387 g/mol. The Balaban J connectivity index is 1.92. The molecule has 1 unspecified atom stereocenters. The van der Waals surface area contributed by atoms with Gasteiger partial charge in [0.1, 0.15) is 12.3 Å². The number of ether oxygens (including phenoxy) is 1. The van der Waals surface area contributed by atoms with Crippen molar-refractivity contribution < 1.29 is 32.4 Å². The van der Waals surface area contributed by atoms with Gasteiger partial charge in [-0.05, 0) is 43.3 Å². The van der Waals surface area contributed by atoms with Gasteiger partial charge in [-0.15, -0.1) is 13.2 Å². The molecule has 2 amide bonds. The lowest BCUT2D eigenvalue weighted by Crippen LogP contribution is -3.12. The van der Waals surface area contributed by atoms with Crippen LogP contribution in [0.4, 0.5) is 18.9 Å². The number of benzene rings is 2. The van der Waals surface area contributed by atoms with Crippen LogP contribution < -0.4 is 20.3 Å². The molecule has 29 heavy (non-hydrogen) atoms. The molecule has 2 atom stereocenters. The molecule has 0 aliphatic rings. The van der Waals surface area contributed by atoms with Gasteiger partial charge < -0.3 is 20.3 Å². The smallest absolute Gasteiger partial charge is 0.406 e. The predicted molar refractivity (Wildman–Crippen MR) is 102 cm³/mol. The Morgan fingerprint density at radius 3 is 2.17 bits per heavy atom. The minimum atomic E-state index is -4.76. The molecular formula is C20H23F3N3O3+. The number of quaternary nitrogens is 1. The van der Waals surface area contributed by atoms with Crippen molar-refractivity contribution in [1.29, 1.82) is 0 Å². The molecule has 0 aromatic heterocycles. The van der Waals surface area contributed by atoms with Crippen LogP contribution in [0.2, 0.25) is 0 Å². The highest BCUT2D eigenvalue weighted by molar-refractivity contribution is 5.94. The first-order valence-corrected chi connectivity index (χ1v) is 8.89. The maximum atomic E-state index is 12.4. The number of carbonyl (C=O) groups excluding carboxylic acids is 2. The zero-order valence-electron chi connectivity index (χ0n) is 16.3. The quantitative estimate of drug-likeness (QED) is 0.654. The first kappa shape index (κ1) is 22.2. The number of halogens is 3. The first-order valence-electron chi connectivity index (χ1n) is 8.89. The molecule has 3 N–H and O–H groups in total. The molecule has 0 heterocycles. The molecule has 0 bridgehead atoms. The maximum absolute atomic E-state index is 12.4. The lowest BCUT2D eigenvalue weighted by atomic mass is 10.1. The van der Waals surface area contributed by atoms with Crippen LogP contribution in [-0.4, -0.2) is 38.3 Å². The molecule has 0 radical (unpaired) electrons. The van der Waals surface area contributed by atoms with Gasteiger partial charge in [-0.3, -0.25) is 9.59 Å². The Bertz CT molecular complexity index is 837. The summed E-state index contributed by atoms with van der Waals surface area (Å²) in [6.45, 7) is 2.31. The largest absolute Gasteiger partial charge is 0.573 e. The minimum Gasteiger partial charge on any atom is -0.406 e. The number of anilines is 1. The fourth-order valence-electron chi connectivity index (χ4n) is 2.61. The van der Waals surface area contributed by atoms with Crippen LogP contribution in [0.5, 0.6) is 5.75 Å². The van der Waals surface area contributed by atoms with Crippen LogP contribution in [-0.2, 0) is 11.3 Å². The molecule has 0 fully saturated rings. The number of likely N-dealkylation sites (N-methyl/N-ethyl adjacent to an activating group) is 1. The van der Waals surface area contributed by atoms with E-state index in [4.69, 9.17) is 0 Å². The van der Waals surface area contributed by atoms with Gasteiger partial charge in [0.15, 0.2) is 6.04 Å². The second kappa shape index (κ2) is 9.42. The van der Waals surface area contributed by atoms with Crippen LogP contribution in [0.15, 0.2) is 48.5 Å². The number of carbonyl (C=O) groups is 2. The molecule has 0 saturated heterocycles. The highest BCUT2D eigenvalue weighted by atomic mass is 19.4. The Labute approximate surface area is 166 Å². The molecule has 2 aromatic rings. The number of alkyl halides is 3. The van der Waals surface area contributed by atoms with Gasteiger partial charge in [0.05, 0.1) is 7.05 Å². The van der Waals surface area contributed by atoms with E-state index in [0.717, 1.165) is 22.6 Å². The average molecular weight is 410 g/mol. The standard InChI is InChI=1S/C20H22F3N3O3/c1-13(26(3)12-14-4-6-15(7-5-14)19(28)24-2)18(27)25-16-8-10-17(11-9-16)29-20(21,22)23/h4-11,13H,12H2,1-3H3,(H,24,28)(H,25,27)/p+1/t13-/m1/s1.